The predicted octanol–water partition coefficient (Wildman–Crippen LogP) is 0.213. The lowest BCUT2D eigenvalue weighted by molar-refractivity contribution is -0.150. The first-order valence-electron chi connectivity index (χ1n) is 11.4. The van der Waals surface area contributed by atoms with Gasteiger partial charge in [0, 0.05) is 19.5 Å². The van der Waals surface area contributed by atoms with Crippen molar-refractivity contribution in [3.63, 3.8) is 0 Å². The molecule has 34 heavy (non-hydrogen) atoms. The fraction of sp³-hybridized carbons (Fsp3) is 0.545. The number of alkyl carbamates (subject to hydrolysis) is 1. The van der Waals surface area contributed by atoms with Crippen molar-refractivity contribution in [3.8, 4) is 0 Å². The number of carboxylic acids is 1. The molecule has 6 N–H and O–H groups in total. The summed E-state index contributed by atoms with van der Waals surface area (Å²) >= 11 is 0. The Morgan fingerprint density at radius 3 is 2.68 bits per heavy atom. The molecule has 2 aliphatic heterocycles. The van der Waals surface area contributed by atoms with E-state index in [1.54, 1.807) is 24.3 Å². The Balaban J connectivity index is 1.57. The van der Waals surface area contributed by atoms with Crippen molar-refractivity contribution >= 4 is 23.9 Å². The van der Waals surface area contributed by atoms with Gasteiger partial charge in [-0.3, -0.25) is 15.1 Å². The lowest BCUT2D eigenvalue weighted by Gasteiger charge is -2.32. The third-order valence-electron chi connectivity index (χ3n) is 5.48. The standard InChI is InChI=1S/C22H32N6O6/c29-18(17-9-14-34-28-17)26-22(19(30)31,10-5-2-6-11-23-20-24-12-13-25-20)27-21(32)33-15-16-7-3-1-4-8-16/h1,3-4,7-8,17,28H,2,5-6,9-15H2,(H,26,29)(H,27,32)(H,30,31)(H2,23,24,25). The summed E-state index contributed by atoms with van der Waals surface area (Å²) < 4.78 is 5.21. The number of carbonyl (C=O) groups excluding carboxylic acids is 2. The van der Waals surface area contributed by atoms with Gasteiger partial charge in [0.15, 0.2) is 5.96 Å². The van der Waals surface area contributed by atoms with Gasteiger partial charge in [-0.2, -0.15) is 5.48 Å². The van der Waals surface area contributed by atoms with Crippen LogP contribution in [0.1, 0.15) is 37.7 Å². The van der Waals surface area contributed by atoms with Gasteiger partial charge in [-0.05, 0) is 24.8 Å². The highest BCUT2D eigenvalue weighted by Crippen LogP contribution is 2.16. The molecule has 2 amide bonds. The molecule has 12 heteroatoms. The maximum Gasteiger partial charge on any atom is 0.409 e. The number of rotatable bonds is 12. The average Bonchev–Trinajstić information content (AvgIpc) is 3.55. The molecule has 1 saturated heterocycles. The molecule has 0 saturated carbocycles. The summed E-state index contributed by atoms with van der Waals surface area (Å²) in [6, 6.07) is 8.31. The lowest BCUT2D eigenvalue weighted by atomic mass is 10.00. The van der Waals surface area contributed by atoms with Crippen molar-refractivity contribution in [3.05, 3.63) is 35.9 Å². The van der Waals surface area contributed by atoms with E-state index in [1.807, 2.05) is 6.07 Å². The Kier molecular flexibility index (Phi) is 9.47. The zero-order valence-corrected chi connectivity index (χ0v) is 19.0. The van der Waals surface area contributed by atoms with Gasteiger partial charge in [0.1, 0.15) is 12.6 Å². The fourth-order valence-corrected chi connectivity index (χ4v) is 3.60. The van der Waals surface area contributed by atoms with E-state index in [9.17, 15) is 19.5 Å². The average molecular weight is 477 g/mol. The summed E-state index contributed by atoms with van der Waals surface area (Å²) in [4.78, 5) is 46.7. The quantitative estimate of drug-likeness (QED) is 0.183. The van der Waals surface area contributed by atoms with E-state index in [2.05, 4.69) is 31.7 Å². The molecule has 1 aromatic rings. The van der Waals surface area contributed by atoms with Crippen LogP contribution in [0.2, 0.25) is 0 Å². The van der Waals surface area contributed by atoms with E-state index in [4.69, 9.17) is 9.57 Å². The smallest absolute Gasteiger partial charge is 0.409 e. The largest absolute Gasteiger partial charge is 0.478 e. The number of unbranched alkanes of at least 4 members (excludes halogenated alkanes) is 2. The third kappa shape index (κ3) is 7.59. The van der Waals surface area contributed by atoms with E-state index < -0.39 is 29.7 Å². The van der Waals surface area contributed by atoms with Crippen molar-refractivity contribution in [2.45, 2.75) is 50.4 Å². The number of carboxylic acid groups (broad SMARTS) is 1. The van der Waals surface area contributed by atoms with E-state index in [0.717, 1.165) is 31.0 Å². The number of guanidine groups is 1. The highest BCUT2D eigenvalue weighted by atomic mass is 16.7. The van der Waals surface area contributed by atoms with Crippen molar-refractivity contribution in [1.29, 1.82) is 0 Å². The minimum atomic E-state index is -2.01. The second kappa shape index (κ2) is 12.8. The van der Waals surface area contributed by atoms with Gasteiger partial charge in [-0.1, -0.05) is 36.8 Å². The third-order valence-corrected chi connectivity index (χ3v) is 5.48. The molecule has 2 heterocycles. The van der Waals surface area contributed by atoms with Crippen molar-refractivity contribution in [2.24, 2.45) is 4.99 Å². The molecular formula is C22H32N6O6. The molecule has 0 radical (unpaired) electrons. The van der Waals surface area contributed by atoms with Crippen molar-refractivity contribution < 1.29 is 29.1 Å². The molecule has 0 aromatic heterocycles. The molecule has 186 valence electrons. The van der Waals surface area contributed by atoms with E-state index in [-0.39, 0.29) is 13.0 Å². The normalized spacial score (nSPS) is 18.8. The van der Waals surface area contributed by atoms with Gasteiger partial charge < -0.3 is 30.6 Å². The topological polar surface area (TPSA) is 162 Å². The molecule has 1 aromatic carbocycles. The molecule has 0 bridgehead atoms. The maximum absolute atomic E-state index is 12.7. The molecule has 1 fully saturated rings. The summed E-state index contributed by atoms with van der Waals surface area (Å²) in [5.41, 5.74) is 1.29. The predicted molar refractivity (Wildman–Crippen MR) is 123 cm³/mol. The number of nitrogens with one attached hydrogen (secondary N) is 5. The molecule has 2 aliphatic rings. The summed E-state index contributed by atoms with van der Waals surface area (Å²) in [5, 5.41) is 21.2. The van der Waals surface area contributed by atoms with Gasteiger partial charge in [-0.15, -0.1) is 0 Å². The minimum Gasteiger partial charge on any atom is -0.478 e. The van der Waals surface area contributed by atoms with E-state index in [1.165, 1.54) is 0 Å². The number of hydrogen-bond acceptors (Lipinski definition) is 9. The number of aliphatic imine (C=N–C) groups is 1. The first-order valence-corrected chi connectivity index (χ1v) is 11.4. The minimum absolute atomic E-state index is 0.0126. The van der Waals surface area contributed by atoms with Crippen LogP contribution in [0.5, 0.6) is 0 Å². The van der Waals surface area contributed by atoms with Gasteiger partial charge in [-0.25, -0.2) is 9.59 Å². The molecular weight excluding hydrogens is 444 g/mol. The summed E-state index contributed by atoms with van der Waals surface area (Å²) in [5.74, 6) is -1.18. The van der Waals surface area contributed by atoms with Crippen LogP contribution >= 0.6 is 0 Å². The van der Waals surface area contributed by atoms with E-state index >= 15 is 0 Å². The molecule has 2 atom stereocenters. The van der Waals surface area contributed by atoms with Gasteiger partial charge >= 0.3 is 12.1 Å². The SMILES string of the molecule is O=C(NC(CCCCCNC1=NCCN1)(NC(=O)C1CCON1)C(=O)O)OCc1ccccc1. The van der Waals surface area contributed by atoms with Crippen LogP contribution in [0.25, 0.3) is 0 Å². The molecule has 3 rings (SSSR count). The van der Waals surface area contributed by atoms with Crippen LogP contribution in [0, 0.1) is 0 Å². The lowest BCUT2D eigenvalue weighted by Crippen LogP contribution is -2.67. The fourth-order valence-electron chi connectivity index (χ4n) is 3.60. The summed E-state index contributed by atoms with van der Waals surface area (Å²) in [7, 11) is 0. The van der Waals surface area contributed by atoms with Crippen molar-refractivity contribution in [2.75, 3.05) is 26.2 Å². The number of hydroxylamine groups is 1. The highest BCUT2D eigenvalue weighted by Gasteiger charge is 2.43. The van der Waals surface area contributed by atoms with Crippen LogP contribution in [-0.4, -0.2) is 67.0 Å². The second-order valence-corrected chi connectivity index (χ2v) is 8.09. The zero-order chi connectivity index (χ0) is 24.2. The first-order chi connectivity index (χ1) is 16.5. The Hall–Kier alpha value is -3.38. The summed E-state index contributed by atoms with van der Waals surface area (Å²) in [6.07, 6.45) is 1.33. The number of carbonyl (C=O) groups is 3. The molecule has 0 spiro atoms. The first kappa shape index (κ1) is 25.2. The Morgan fingerprint density at radius 2 is 2.00 bits per heavy atom. The molecule has 2 unspecified atom stereocenters. The Labute approximate surface area is 197 Å². The number of benzene rings is 1. The molecule has 0 aliphatic carbocycles. The van der Waals surface area contributed by atoms with Crippen LogP contribution in [0.4, 0.5) is 4.79 Å². The number of hydrogen-bond donors (Lipinski definition) is 6. The number of amides is 2. The van der Waals surface area contributed by atoms with Crippen LogP contribution in [0.15, 0.2) is 35.3 Å². The number of aliphatic carboxylic acids is 1. The van der Waals surface area contributed by atoms with Gasteiger partial charge in [0.05, 0.1) is 13.2 Å². The van der Waals surface area contributed by atoms with Crippen molar-refractivity contribution in [1.82, 2.24) is 26.7 Å². The van der Waals surface area contributed by atoms with Gasteiger partial charge in [0.25, 0.3) is 0 Å². The zero-order valence-electron chi connectivity index (χ0n) is 19.0. The highest BCUT2D eigenvalue weighted by molar-refractivity contribution is 5.91. The monoisotopic (exact) mass is 476 g/mol. The molecule has 12 nitrogen and oxygen atoms in total. The van der Waals surface area contributed by atoms with Crippen LogP contribution in [0.3, 0.4) is 0 Å². The second-order valence-electron chi connectivity index (χ2n) is 8.09. The Morgan fingerprint density at radius 1 is 1.18 bits per heavy atom. The Bertz CT molecular complexity index is 861. The number of nitrogens with zero attached hydrogens (tertiary/aromatic N) is 1. The van der Waals surface area contributed by atoms with Crippen LogP contribution in [-0.2, 0) is 25.8 Å². The van der Waals surface area contributed by atoms with E-state index in [0.29, 0.717) is 32.4 Å². The van der Waals surface area contributed by atoms with Crippen LogP contribution < -0.4 is 26.7 Å². The van der Waals surface area contributed by atoms with Gasteiger partial charge in [0.2, 0.25) is 11.6 Å². The maximum atomic E-state index is 12.7. The number of ether oxygens (including phenoxy) is 1. The summed E-state index contributed by atoms with van der Waals surface area (Å²) in [6.45, 7) is 2.54.